The Morgan fingerprint density at radius 2 is 2.10 bits per heavy atom. The molecule has 3 rings (SSSR count). The van der Waals surface area contributed by atoms with E-state index in [1.165, 1.54) is 0 Å². The monoisotopic (exact) mass is 275 g/mol. The summed E-state index contributed by atoms with van der Waals surface area (Å²) in [6.45, 7) is 6.26. The molecule has 1 aliphatic heterocycles. The summed E-state index contributed by atoms with van der Waals surface area (Å²) in [6, 6.07) is 5.01. The van der Waals surface area contributed by atoms with Crippen molar-refractivity contribution in [2.45, 2.75) is 26.3 Å². The van der Waals surface area contributed by atoms with Crippen LogP contribution in [0.4, 0.5) is 0 Å². The van der Waals surface area contributed by atoms with E-state index in [0.29, 0.717) is 5.92 Å². The van der Waals surface area contributed by atoms with E-state index in [9.17, 15) is 9.90 Å². The van der Waals surface area contributed by atoms with Crippen molar-refractivity contribution in [3.8, 4) is 5.75 Å². The number of hydrogen-bond donors (Lipinski definition) is 2. The molecule has 2 heterocycles. The number of aromatic amines is 1. The number of imidazole rings is 1. The Kier molecular flexibility index (Phi) is 3.53. The molecule has 0 atom stereocenters. The lowest BCUT2D eigenvalue weighted by atomic mass is 9.96. The third kappa shape index (κ3) is 2.45. The third-order valence-corrected chi connectivity index (χ3v) is 4.35. The molecule has 0 spiro atoms. The topological polar surface area (TPSA) is 61.3 Å². The number of benzene rings is 1. The number of aromatic nitrogens is 2. The summed E-state index contributed by atoms with van der Waals surface area (Å²) in [5.74, 6) is 0.739. The van der Waals surface area contributed by atoms with Crippen LogP contribution in [0.3, 0.4) is 0 Å². The Hall–Kier alpha value is -1.75. The zero-order valence-electron chi connectivity index (χ0n) is 11.8. The number of nitrogens with zero attached hydrogens (tertiary/aromatic N) is 2. The Labute approximate surface area is 117 Å². The van der Waals surface area contributed by atoms with Gasteiger partial charge in [0.15, 0.2) is 0 Å². The van der Waals surface area contributed by atoms with Gasteiger partial charge in [-0.2, -0.15) is 0 Å². The third-order valence-electron chi connectivity index (χ3n) is 4.35. The van der Waals surface area contributed by atoms with Crippen LogP contribution in [0.2, 0.25) is 0 Å². The van der Waals surface area contributed by atoms with E-state index in [0.717, 1.165) is 50.1 Å². The zero-order valence-corrected chi connectivity index (χ0v) is 11.8. The molecule has 5 nitrogen and oxygen atoms in total. The molecule has 0 amide bonds. The number of nitrogens with one attached hydrogen (secondary N) is 1. The first-order valence-electron chi connectivity index (χ1n) is 7.31. The minimum Gasteiger partial charge on any atom is -0.508 e. The summed E-state index contributed by atoms with van der Waals surface area (Å²) in [5, 5.41) is 9.60. The first-order valence-corrected chi connectivity index (χ1v) is 7.31. The van der Waals surface area contributed by atoms with Crippen LogP contribution in [0.5, 0.6) is 5.75 Å². The van der Waals surface area contributed by atoms with Crippen molar-refractivity contribution in [3.05, 3.63) is 28.7 Å². The second-order valence-corrected chi connectivity index (χ2v) is 5.62. The van der Waals surface area contributed by atoms with Crippen LogP contribution in [-0.2, 0) is 6.54 Å². The molecule has 2 aromatic rings. The largest absolute Gasteiger partial charge is 0.508 e. The molecule has 108 valence electrons. The highest BCUT2D eigenvalue weighted by atomic mass is 16.3. The molecular formula is C15H21N3O2. The fourth-order valence-corrected chi connectivity index (χ4v) is 3.07. The van der Waals surface area contributed by atoms with E-state index < -0.39 is 0 Å². The van der Waals surface area contributed by atoms with Gasteiger partial charge in [-0.3, -0.25) is 4.57 Å². The van der Waals surface area contributed by atoms with Gasteiger partial charge in [0.25, 0.3) is 0 Å². The van der Waals surface area contributed by atoms with Gasteiger partial charge in [0.1, 0.15) is 5.75 Å². The van der Waals surface area contributed by atoms with Crippen LogP contribution < -0.4 is 5.69 Å². The van der Waals surface area contributed by atoms with Gasteiger partial charge in [-0.1, -0.05) is 6.92 Å². The van der Waals surface area contributed by atoms with Crippen molar-refractivity contribution in [3.63, 3.8) is 0 Å². The van der Waals surface area contributed by atoms with Gasteiger partial charge in [-0.05, 0) is 50.5 Å². The predicted molar refractivity (Wildman–Crippen MR) is 79.1 cm³/mol. The number of likely N-dealkylation sites (tertiary alicyclic amines) is 1. The van der Waals surface area contributed by atoms with E-state index in [-0.39, 0.29) is 11.4 Å². The highest BCUT2D eigenvalue weighted by Crippen LogP contribution is 2.22. The molecule has 1 aliphatic rings. The number of rotatable bonds is 3. The van der Waals surface area contributed by atoms with Gasteiger partial charge in [0, 0.05) is 12.6 Å². The maximum atomic E-state index is 12.1. The van der Waals surface area contributed by atoms with E-state index in [4.69, 9.17) is 0 Å². The second kappa shape index (κ2) is 5.32. The molecule has 5 heteroatoms. The number of fused-ring (bicyclic) bond motifs is 1. The van der Waals surface area contributed by atoms with Crippen LogP contribution in [-0.4, -0.2) is 39.2 Å². The number of aromatic hydroxyl groups is 1. The average molecular weight is 275 g/mol. The molecule has 1 fully saturated rings. The lowest BCUT2D eigenvalue weighted by molar-refractivity contribution is 0.181. The minimum absolute atomic E-state index is 0.0801. The Morgan fingerprint density at radius 1 is 1.35 bits per heavy atom. The maximum Gasteiger partial charge on any atom is 0.326 e. The number of piperidine rings is 1. The Balaban J connectivity index is 1.82. The molecule has 0 unspecified atom stereocenters. The number of phenolic OH excluding ortho intramolecular Hbond substituents is 1. The van der Waals surface area contributed by atoms with E-state index in [1.54, 1.807) is 22.8 Å². The smallest absolute Gasteiger partial charge is 0.326 e. The highest BCUT2D eigenvalue weighted by Gasteiger charge is 2.20. The first-order chi connectivity index (χ1) is 9.67. The van der Waals surface area contributed by atoms with E-state index >= 15 is 0 Å². The first kappa shape index (κ1) is 13.2. The fraction of sp³-hybridized carbons (Fsp3) is 0.533. The summed E-state index contributed by atoms with van der Waals surface area (Å²) in [4.78, 5) is 17.4. The lowest BCUT2D eigenvalue weighted by Crippen LogP contribution is -2.35. The molecule has 20 heavy (non-hydrogen) atoms. The molecular weight excluding hydrogens is 254 g/mol. The number of phenols is 1. The van der Waals surface area contributed by atoms with Crippen LogP contribution >= 0.6 is 0 Å². The summed E-state index contributed by atoms with van der Waals surface area (Å²) >= 11 is 0. The molecule has 1 aromatic carbocycles. The highest BCUT2D eigenvalue weighted by molar-refractivity contribution is 5.76. The quantitative estimate of drug-likeness (QED) is 0.897. The number of H-pyrrole nitrogens is 1. The van der Waals surface area contributed by atoms with Gasteiger partial charge in [-0.25, -0.2) is 4.79 Å². The number of hydrogen-bond acceptors (Lipinski definition) is 3. The Morgan fingerprint density at radius 3 is 2.80 bits per heavy atom. The minimum atomic E-state index is -0.0801. The van der Waals surface area contributed by atoms with E-state index in [2.05, 4.69) is 16.8 Å². The summed E-state index contributed by atoms with van der Waals surface area (Å²) in [7, 11) is 0. The molecule has 2 N–H and O–H groups in total. The van der Waals surface area contributed by atoms with Gasteiger partial charge in [0.05, 0.1) is 11.0 Å². The van der Waals surface area contributed by atoms with Crippen LogP contribution in [0, 0.1) is 5.92 Å². The van der Waals surface area contributed by atoms with Gasteiger partial charge >= 0.3 is 5.69 Å². The van der Waals surface area contributed by atoms with Gasteiger partial charge < -0.3 is 15.0 Å². The van der Waals surface area contributed by atoms with E-state index in [1.807, 2.05) is 0 Å². The summed E-state index contributed by atoms with van der Waals surface area (Å²) < 4.78 is 1.77. The van der Waals surface area contributed by atoms with Crippen LogP contribution in [0.15, 0.2) is 23.0 Å². The standard InChI is InChI=1S/C15H21N3O2/c1-2-17-7-5-11(6-8-17)10-18-14-9-12(19)3-4-13(14)16-15(18)20/h3-4,9,11,19H,2,5-8,10H2,1H3,(H,16,20). The molecule has 0 saturated carbocycles. The average Bonchev–Trinajstić information content (AvgIpc) is 2.76. The predicted octanol–water partition coefficient (Wildman–Crippen LogP) is 1.77. The van der Waals surface area contributed by atoms with Crippen LogP contribution in [0.25, 0.3) is 11.0 Å². The van der Waals surface area contributed by atoms with Crippen molar-refractivity contribution in [1.29, 1.82) is 0 Å². The van der Waals surface area contributed by atoms with Gasteiger partial charge in [-0.15, -0.1) is 0 Å². The molecule has 0 bridgehead atoms. The molecule has 1 saturated heterocycles. The lowest BCUT2D eigenvalue weighted by Gasteiger charge is -2.31. The van der Waals surface area contributed by atoms with Crippen molar-refractivity contribution < 1.29 is 5.11 Å². The van der Waals surface area contributed by atoms with Crippen LogP contribution in [0.1, 0.15) is 19.8 Å². The molecule has 0 radical (unpaired) electrons. The fourth-order valence-electron chi connectivity index (χ4n) is 3.07. The Bertz CT molecular complexity index is 651. The molecule has 0 aliphatic carbocycles. The van der Waals surface area contributed by atoms with Crippen molar-refractivity contribution >= 4 is 11.0 Å². The van der Waals surface area contributed by atoms with Gasteiger partial charge in [0.2, 0.25) is 0 Å². The zero-order chi connectivity index (χ0) is 14.1. The molecule has 1 aromatic heterocycles. The maximum absolute atomic E-state index is 12.1. The summed E-state index contributed by atoms with van der Waals surface area (Å²) in [5.41, 5.74) is 1.51. The normalized spacial score (nSPS) is 17.9. The summed E-state index contributed by atoms with van der Waals surface area (Å²) in [6.07, 6.45) is 2.26. The van der Waals surface area contributed by atoms with Crippen molar-refractivity contribution in [2.24, 2.45) is 5.92 Å². The second-order valence-electron chi connectivity index (χ2n) is 5.62. The van der Waals surface area contributed by atoms with Crippen molar-refractivity contribution in [1.82, 2.24) is 14.5 Å². The van der Waals surface area contributed by atoms with Crippen molar-refractivity contribution in [2.75, 3.05) is 19.6 Å². The SMILES string of the molecule is CCN1CCC(Cn2c(=O)[nH]c3ccc(O)cc32)CC1.